The molecule has 64 valence electrons. The lowest BCUT2D eigenvalue weighted by Crippen LogP contribution is -2.38. The molecule has 4 nitrogen and oxygen atoms in total. The minimum absolute atomic E-state index is 0.164. The van der Waals surface area contributed by atoms with E-state index >= 15 is 0 Å². The van der Waals surface area contributed by atoms with Crippen LogP contribution in [-0.4, -0.2) is 29.8 Å². The molecule has 0 spiro atoms. The fourth-order valence-electron chi connectivity index (χ4n) is 0.778. The Morgan fingerprint density at radius 1 is 1.45 bits per heavy atom. The van der Waals surface area contributed by atoms with Gasteiger partial charge in [-0.25, -0.2) is 0 Å². The largest absolute Gasteiger partial charge is 0.329 e. The third-order valence-corrected chi connectivity index (χ3v) is 1.34. The number of nitrogens with zero attached hydrogens (tertiary/aromatic N) is 1. The highest BCUT2D eigenvalue weighted by atomic mass is 16.2. The fourth-order valence-corrected chi connectivity index (χ4v) is 0.778. The molecule has 11 heavy (non-hydrogen) atoms. The van der Waals surface area contributed by atoms with Crippen LogP contribution in [0, 0.1) is 0 Å². The molecule has 0 radical (unpaired) electrons. The van der Waals surface area contributed by atoms with Gasteiger partial charge in [-0.05, 0) is 0 Å². The van der Waals surface area contributed by atoms with Gasteiger partial charge in [0.1, 0.15) is 0 Å². The van der Waals surface area contributed by atoms with Crippen molar-refractivity contribution in [1.82, 2.24) is 4.90 Å². The molecule has 0 aliphatic carbocycles. The van der Waals surface area contributed by atoms with Crippen molar-refractivity contribution < 1.29 is 9.59 Å². The van der Waals surface area contributed by atoms with E-state index in [2.05, 4.69) is 0 Å². The van der Waals surface area contributed by atoms with Crippen molar-refractivity contribution in [2.24, 2.45) is 5.73 Å². The predicted molar refractivity (Wildman–Crippen MR) is 41.7 cm³/mol. The summed E-state index contributed by atoms with van der Waals surface area (Å²) >= 11 is 0. The van der Waals surface area contributed by atoms with Gasteiger partial charge < -0.3 is 5.73 Å². The van der Waals surface area contributed by atoms with Crippen molar-refractivity contribution in [3.8, 4) is 0 Å². The van der Waals surface area contributed by atoms with Gasteiger partial charge in [-0.3, -0.25) is 14.5 Å². The molecule has 0 atom stereocenters. The van der Waals surface area contributed by atoms with Crippen molar-refractivity contribution in [3.05, 3.63) is 0 Å². The first kappa shape index (κ1) is 10.1. The van der Waals surface area contributed by atoms with E-state index in [4.69, 9.17) is 5.73 Å². The molecular formula is C7H14N2O2. The topological polar surface area (TPSA) is 63.4 Å². The molecule has 0 aromatic carbocycles. The average molecular weight is 158 g/mol. The molecule has 0 aromatic heterocycles. The summed E-state index contributed by atoms with van der Waals surface area (Å²) in [5.41, 5.74) is 5.21. The number of carbonyl (C=O) groups is 2. The maximum absolute atomic E-state index is 11.0. The lowest BCUT2D eigenvalue weighted by molar-refractivity contribution is -0.143. The molecule has 0 rings (SSSR count). The third kappa shape index (κ3) is 3.13. The van der Waals surface area contributed by atoms with Crippen molar-refractivity contribution >= 4 is 11.8 Å². The number of hydrogen-bond donors (Lipinski definition) is 1. The maximum atomic E-state index is 11.0. The van der Waals surface area contributed by atoms with Gasteiger partial charge in [0.05, 0.1) is 0 Å². The summed E-state index contributed by atoms with van der Waals surface area (Å²) in [5.74, 6) is -0.398. The van der Waals surface area contributed by atoms with Gasteiger partial charge in [0, 0.05) is 26.4 Å². The van der Waals surface area contributed by atoms with E-state index in [0.29, 0.717) is 19.5 Å². The van der Waals surface area contributed by atoms with Crippen LogP contribution >= 0.6 is 0 Å². The summed E-state index contributed by atoms with van der Waals surface area (Å²) in [4.78, 5) is 22.9. The number of amides is 2. The second kappa shape index (κ2) is 4.85. The van der Waals surface area contributed by atoms with Gasteiger partial charge in [-0.2, -0.15) is 0 Å². The zero-order chi connectivity index (χ0) is 8.85. The third-order valence-electron chi connectivity index (χ3n) is 1.34. The normalized spacial score (nSPS) is 9.36. The Kier molecular flexibility index (Phi) is 4.45. The molecule has 0 heterocycles. The fraction of sp³-hybridized carbons (Fsp3) is 0.714. The molecule has 2 amide bonds. The quantitative estimate of drug-likeness (QED) is 0.615. The zero-order valence-corrected chi connectivity index (χ0v) is 6.96. The van der Waals surface area contributed by atoms with Crippen LogP contribution in [0.5, 0.6) is 0 Å². The van der Waals surface area contributed by atoms with Crippen molar-refractivity contribution in [2.75, 3.05) is 13.1 Å². The van der Waals surface area contributed by atoms with Gasteiger partial charge in [0.15, 0.2) is 0 Å². The Morgan fingerprint density at radius 3 is 2.27 bits per heavy atom. The Bertz CT molecular complexity index is 157. The van der Waals surface area contributed by atoms with E-state index in [1.807, 2.05) is 0 Å². The predicted octanol–water partition coefficient (Wildman–Crippen LogP) is -0.270. The van der Waals surface area contributed by atoms with Gasteiger partial charge in [-0.1, -0.05) is 6.92 Å². The minimum Gasteiger partial charge on any atom is -0.329 e. The Hall–Kier alpha value is -0.900. The molecular weight excluding hydrogens is 144 g/mol. The van der Waals surface area contributed by atoms with Gasteiger partial charge >= 0.3 is 0 Å². The molecule has 2 N–H and O–H groups in total. The summed E-state index contributed by atoms with van der Waals surface area (Å²) in [6.07, 6.45) is 0.347. The van der Waals surface area contributed by atoms with Gasteiger partial charge in [0.25, 0.3) is 0 Å². The number of nitrogens with two attached hydrogens (primary N) is 1. The minimum atomic E-state index is -0.234. The Morgan fingerprint density at radius 2 is 2.00 bits per heavy atom. The van der Waals surface area contributed by atoms with E-state index in [1.54, 1.807) is 6.92 Å². The maximum Gasteiger partial charge on any atom is 0.228 e. The van der Waals surface area contributed by atoms with Gasteiger partial charge in [-0.15, -0.1) is 0 Å². The highest BCUT2D eigenvalue weighted by molar-refractivity contribution is 5.93. The van der Waals surface area contributed by atoms with E-state index < -0.39 is 0 Å². The lowest BCUT2D eigenvalue weighted by Gasteiger charge is -2.16. The number of imide groups is 1. The molecule has 0 aliphatic rings. The molecule has 0 aromatic rings. The van der Waals surface area contributed by atoms with Crippen LogP contribution in [0.25, 0.3) is 0 Å². The van der Waals surface area contributed by atoms with Crippen LogP contribution < -0.4 is 5.73 Å². The van der Waals surface area contributed by atoms with Crippen LogP contribution in [0.2, 0.25) is 0 Å². The lowest BCUT2D eigenvalue weighted by atomic mass is 10.3. The molecule has 0 fully saturated rings. The van der Waals surface area contributed by atoms with Crippen LogP contribution in [0.3, 0.4) is 0 Å². The number of carbonyl (C=O) groups excluding carboxylic acids is 2. The van der Waals surface area contributed by atoms with Crippen LogP contribution in [0.4, 0.5) is 0 Å². The van der Waals surface area contributed by atoms with Crippen LogP contribution in [0.15, 0.2) is 0 Å². The molecule has 4 heteroatoms. The summed E-state index contributed by atoms with van der Waals surface area (Å²) in [6.45, 7) is 3.73. The van der Waals surface area contributed by atoms with Gasteiger partial charge in [0.2, 0.25) is 11.8 Å². The van der Waals surface area contributed by atoms with E-state index in [-0.39, 0.29) is 11.8 Å². The summed E-state index contributed by atoms with van der Waals surface area (Å²) < 4.78 is 0. The Balaban J connectivity index is 4.09. The number of rotatable bonds is 3. The smallest absolute Gasteiger partial charge is 0.228 e. The van der Waals surface area contributed by atoms with Crippen molar-refractivity contribution in [1.29, 1.82) is 0 Å². The van der Waals surface area contributed by atoms with Crippen molar-refractivity contribution in [3.63, 3.8) is 0 Å². The summed E-state index contributed by atoms with van der Waals surface area (Å²) in [7, 11) is 0. The van der Waals surface area contributed by atoms with Crippen molar-refractivity contribution in [2.45, 2.75) is 20.3 Å². The number of hydrogen-bond acceptors (Lipinski definition) is 3. The average Bonchev–Trinajstić information content (AvgIpc) is 1.98. The molecule has 0 unspecified atom stereocenters. The second-order valence-corrected chi connectivity index (χ2v) is 2.21. The first-order chi connectivity index (χ1) is 5.13. The summed E-state index contributed by atoms with van der Waals surface area (Å²) in [5, 5.41) is 0. The van der Waals surface area contributed by atoms with E-state index in [1.165, 1.54) is 11.8 Å². The van der Waals surface area contributed by atoms with E-state index in [0.717, 1.165) is 0 Å². The second-order valence-electron chi connectivity index (χ2n) is 2.21. The first-order valence-corrected chi connectivity index (χ1v) is 3.64. The SMILES string of the molecule is CCC(=O)N(CCN)C(C)=O. The van der Waals surface area contributed by atoms with Crippen LogP contribution in [-0.2, 0) is 9.59 Å². The monoisotopic (exact) mass is 158 g/mol. The molecule has 0 saturated carbocycles. The zero-order valence-electron chi connectivity index (χ0n) is 6.96. The first-order valence-electron chi connectivity index (χ1n) is 3.64. The molecule has 0 saturated heterocycles. The molecule has 0 bridgehead atoms. The standard InChI is InChI=1S/C7H14N2O2/c1-3-7(11)9(5-4-8)6(2)10/h3-5,8H2,1-2H3. The highest BCUT2D eigenvalue weighted by Gasteiger charge is 2.13. The highest BCUT2D eigenvalue weighted by Crippen LogP contribution is 1.93. The summed E-state index contributed by atoms with van der Waals surface area (Å²) in [6, 6.07) is 0. The Labute approximate surface area is 66.4 Å². The van der Waals surface area contributed by atoms with Crippen LogP contribution in [0.1, 0.15) is 20.3 Å². The molecule has 0 aliphatic heterocycles. The van der Waals surface area contributed by atoms with E-state index in [9.17, 15) is 9.59 Å².